The molecule has 0 saturated carbocycles. The molecule has 4 nitrogen and oxygen atoms in total. The van der Waals surface area contributed by atoms with Crippen molar-refractivity contribution in [3.63, 3.8) is 0 Å². The second-order valence-corrected chi connectivity index (χ2v) is 6.44. The molecule has 0 radical (unpaired) electrons. The van der Waals surface area contributed by atoms with Crippen LogP contribution in [0.4, 0.5) is 5.69 Å². The Kier molecular flexibility index (Phi) is 6.85. The Morgan fingerprint density at radius 1 is 1.17 bits per heavy atom. The molecule has 5 heteroatoms. The number of anilines is 1. The number of aromatic nitrogens is 2. The highest BCUT2D eigenvalue weighted by Crippen LogP contribution is 2.22. The van der Waals surface area contributed by atoms with Crippen molar-refractivity contribution in [2.24, 2.45) is 0 Å². The molecule has 0 unspecified atom stereocenters. The van der Waals surface area contributed by atoms with Gasteiger partial charge in [0.15, 0.2) is 0 Å². The van der Waals surface area contributed by atoms with Crippen LogP contribution in [0.3, 0.4) is 0 Å². The summed E-state index contributed by atoms with van der Waals surface area (Å²) < 4.78 is 1.71. The van der Waals surface area contributed by atoms with E-state index in [2.05, 4.69) is 36.4 Å². The number of rotatable bonds is 8. The molecule has 2 rings (SSSR count). The maximum absolute atomic E-state index is 12.6. The zero-order chi connectivity index (χ0) is 17.5. The van der Waals surface area contributed by atoms with Crippen molar-refractivity contribution < 1.29 is 4.79 Å². The molecule has 0 atom stereocenters. The fourth-order valence-corrected chi connectivity index (χ4v) is 2.94. The molecule has 0 fully saturated rings. The van der Waals surface area contributed by atoms with Gasteiger partial charge in [-0.15, -0.1) is 0 Å². The number of nitrogens with zero attached hydrogens (tertiary/aromatic N) is 2. The SMILES string of the molecule is CCCCc1ccc(NC(=O)c2c(C)nn(CCCC)c2Cl)cc1. The van der Waals surface area contributed by atoms with Crippen molar-refractivity contribution >= 4 is 23.2 Å². The maximum Gasteiger partial charge on any atom is 0.260 e. The van der Waals surface area contributed by atoms with Gasteiger partial charge in [-0.3, -0.25) is 9.48 Å². The van der Waals surface area contributed by atoms with Gasteiger partial charge in [0, 0.05) is 12.2 Å². The van der Waals surface area contributed by atoms with Gasteiger partial charge < -0.3 is 5.32 Å². The second kappa shape index (κ2) is 8.88. The Balaban J connectivity index is 2.08. The normalized spacial score (nSPS) is 10.8. The zero-order valence-corrected chi connectivity index (χ0v) is 15.5. The van der Waals surface area contributed by atoms with Crippen LogP contribution >= 0.6 is 11.6 Å². The van der Waals surface area contributed by atoms with Crippen molar-refractivity contribution in [1.82, 2.24) is 9.78 Å². The lowest BCUT2D eigenvalue weighted by atomic mass is 10.1. The molecule has 1 aromatic heterocycles. The standard InChI is InChI=1S/C19H26ClN3O/c1-4-6-8-15-9-11-16(12-10-15)21-19(24)17-14(3)22-23(18(17)20)13-7-5-2/h9-12H,4-8,13H2,1-3H3,(H,21,24). The van der Waals surface area contributed by atoms with E-state index in [-0.39, 0.29) is 5.91 Å². The number of hydrogen-bond donors (Lipinski definition) is 1. The molecule has 24 heavy (non-hydrogen) atoms. The highest BCUT2D eigenvalue weighted by atomic mass is 35.5. The molecule has 0 aliphatic carbocycles. The van der Waals surface area contributed by atoms with Gasteiger partial charge >= 0.3 is 0 Å². The van der Waals surface area contributed by atoms with E-state index in [4.69, 9.17) is 11.6 Å². The van der Waals surface area contributed by atoms with Crippen LogP contribution in [0.1, 0.15) is 61.1 Å². The fourth-order valence-electron chi connectivity index (χ4n) is 2.60. The van der Waals surface area contributed by atoms with Crippen molar-refractivity contribution in [1.29, 1.82) is 0 Å². The van der Waals surface area contributed by atoms with Gasteiger partial charge in [0.2, 0.25) is 0 Å². The summed E-state index contributed by atoms with van der Waals surface area (Å²) in [4.78, 5) is 12.6. The van der Waals surface area contributed by atoms with Crippen LogP contribution in [0.5, 0.6) is 0 Å². The minimum atomic E-state index is -0.207. The van der Waals surface area contributed by atoms with Crippen molar-refractivity contribution in [3.8, 4) is 0 Å². The van der Waals surface area contributed by atoms with Crippen LogP contribution < -0.4 is 5.32 Å². The Morgan fingerprint density at radius 2 is 1.83 bits per heavy atom. The third-order valence-electron chi connectivity index (χ3n) is 4.05. The maximum atomic E-state index is 12.6. The number of halogens is 1. The monoisotopic (exact) mass is 347 g/mol. The van der Waals surface area contributed by atoms with E-state index in [1.807, 2.05) is 19.1 Å². The molecule has 0 aliphatic rings. The average Bonchev–Trinajstić information content (AvgIpc) is 2.86. The smallest absolute Gasteiger partial charge is 0.260 e. The summed E-state index contributed by atoms with van der Waals surface area (Å²) >= 11 is 6.35. The van der Waals surface area contributed by atoms with Gasteiger partial charge in [0.25, 0.3) is 5.91 Å². The number of nitrogens with one attached hydrogen (secondary N) is 1. The molecule has 1 N–H and O–H groups in total. The lowest BCUT2D eigenvalue weighted by Crippen LogP contribution is -2.13. The predicted octanol–water partition coefficient (Wildman–Crippen LogP) is 5.24. The lowest BCUT2D eigenvalue weighted by Gasteiger charge is -2.07. The van der Waals surface area contributed by atoms with Gasteiger partial charge in [0.1, 0.15) is 5.15 Å². The molecule has 0 saturated heterocycles. The number of carbonyl (C=O) groups excluding carboxylic acids is 1. The van der Waals surface area contributed by atoms with E-state index in [9.17, 15) is 4.79 Å². The Morgan fingerprint density at radius 3 is 2.46 bits per heavy atom. The highest BCUT2D eigenvalue weighted by Gasteiger charge is 2.20. The van der Waals surface area contributed by atoms with Crippen LogP contribution in [-0.2, 0) is 13.0 Å². The van der Waals surface area contributed by atoms with Crippen molar-refractivity contribution in [2.45, 2.75) is 59.4 Å². The number of carbonyl (C=O) groups is 1. The lowest BCUT2D eigenvalue weighted by molar-refractivity contribution is 0.102. The summed E-state index contributed by atoms with van der Waals surface area (Å²) in [6.07, 6.45) is 5.47. The van der Waals surface area contributed by atoms with E-state index >= 15 is 0 Å². The van der Waals surface area contributed by atoms with Gasteiger partial charge in [-0.05, 0) is 43.9 Å². The molecule has 130 valence electrons. The fraction of sp³-hybridized carbons (Fsp3) is 0.474. The molecule has 1 amide bonds. The van der Waals surface area contributed by atoms with Crippen LogP contribution in [0, 0.1) is 6.92 Å². The van der Waals surface area contributed by atoms with E-state index in [0.717, 1.165) is 31.5 Å². The minimum Gasteiger partial charge on any atom is -0.322 e. The van der Waals surface area contributed by atoms with Gasteiger partial charge in [-0.1, -0.05) is 50.4 Å². The van der Waals surface area contributed by atoms with Crippen LogP contribution in [0.25, 0.3) is 0 Å². The number of aryl methyl sites for hydroxylation is 3. The van der Waals surface area contributed by atoms with Crippen molar-refractivity contribution in [2.75, 3.05) is 5.32 Å². The van der Waals surface area contributed by atoms with E-state index < -0.39 is 0 Å². The predicted molar refractivity (Wildman–Crippen MR) is 99.9 cm³/mol. The summed E-state index contributed by atoms with van der Waals surface area (Å²) in [6.45, 7) is 6.84. The van der Waals surface area contributed by atoms with Crippen LogP contribution in [-0.4, -0.2) is 15.7 Å². The Bertz CT molecular complexity index is 677. The zero-order valence-electron chi connectivity index (χ0n) is 14.7. The van der Waals surface area contributed by atoms with Crippen LogP contribution in [0.2, 0.25) is 5.15 Å². The first-order valence-corrected chi connectivity index (χ1v) is 9.07. The Labute approximate surface area is 149 Å². The summed E-state index contributed by atoms with van der Waals surface area (Å²) in [6, 6.07) is 8.00. The minimum absolute atomic E-state index is 0.207. The number of benzene rings is 1. The molecule has 1 heterocycles. The molecule has 0 aliphatic heterocycles. The Hall–Kier alpha value is -1.81. The average molecular weight is 348 g/mol. The summed E-state index contributed by atoms with van der Waals surface area (Å²) in [7, 11) is 0. The summed E-state index contributed by atoms with van der Waals surface area (Å²) in [5.74, 6) is -0.207. The molecule has 2 aromatic rings. The van der Waals surface area contributed by atoms with Gasteiger partial charge in [0.05, 0.1) is 11.3 Å². The third kappa shape index (κ3) is 4.60. The molecule has 0 spiro atoms. The van der Waals surface area contributed by atoms with Crippen LogP contribution in [0.15, 0.2) is 24.3 Å². The van der Waals surface area contributed by atoms with Gasteiger partial charge in [-0.25, -0.2) is 0 Å². The van der Waals surface area contributed by atoms with Gasteiger partial charge in [-0.2, -0.15) is 5.10 Å². The first-order valence-electron chi connectivity index (χ1n) is 8.70. The van der Waals surface area contributed by atoms with E-state index in [1.54, 1.807) is 4.68 Å². The largest absolute Gasteiger partial charge is 0.322 e. The number of hydrogen-bond acceptors (Lipinski definition) is 2. The molecular weight excluding hydrogens is 322 g/mol. The van der Waals surface area contributed by atoms with E-state index in [1.165, 1.54) is 18.4 Å². The van der Waals surface area contributed by atoms with E-state index in [0.29, 0.717) is 16.4 Å². The summed E-state index contributed by atoms with van der Waals surface area (Å²) in [5, 5.41) is 7.71. The topological polar surface area (TPSA) is 46.9 Å². The first kappa shape index (κ1) is 18.5. The molecule has 1 aromatic carbocycles. The third-order valence-corrected chi connectivity index (χ3v) is 4.43. The quantitative estimate of drug-likeness (QED) is 0.709. The first-order chi connectivity index (χ1) is 11.6. The number of unbranched alkanes of at least 4 members (excludes halogenated alkanes) is 2. The number of amides is 1. The molecule has 0 bridgehead atoms. The highest BCUT2D eigenvalue weighted by molar-refractivity contribution is 6.33. The molecular formula is C19H26ClN3O. The second-order valence-electron chi connectivity index (χ2n) is 6.08. The van der Waals surface area contributed by atoms with Crippen molar-refractivity contribution in [3.05, 3.63) is 46.2 Å². The summed E-state index contributed by atoms with van der Waals surface area (Å²) in [5.41, 5.74) is 3.18.